The summed E-state index contributed by atoms with van der Waals surface area (Å²) in [6, 6.07) is 9.59. The first-order valence-electron chi connectivity index (χ1n) is 7.09. The van der Waals surface area contributed by atoms with Crippen molar-refractivity contribution in [1.29, 1.82) is 0 Å². The van der Waals surface area contributed by atoms with Crippen LogP contribution in [-0.4, -0.2) is 18.5 Å². The summed E-state index contributed by atoms with van der Waals surface area (Å²) in [6.45, 7) is 3.74. The van der Waals surface area contributed by atoms with E-state index < -0.39 is 0 Å². The maximum Gasteiger partial charge on any atom is 0.306 e. The van der Waals surface area contributed by atoms with Gasteiger partial charge >= 0.3 is 5.97 Å². The first-order chi connectivity index (χ1) is 10.5. The Labute approximate surface area is 134 Å². The second kappa shape index (κ2) is 7.75. The van der Waals surface area contributed by atoms with E-state index in [9.17, 15) is 9.59 Å². The highest BCUT2D eigenvalue weighted by atomic mass is 32.1. The second-order valence-corrected chi connectivity index (χ2v) is 6.12. The van der Waals surface area contributed by atoms with Gasteiger partial charge in [0.25, 0.3) is 5.91 Å². The monoisotopic (exact) mass is 317 g/mol. The van der Waals surface area contributed by atoms with Gasteiger partial charge in [-0.15, -0.1) is 11.3 Å². The van der Waals surface area contributed by atoms with E-state index in [0.29, 0.717) is 12.1 Å². The third kappa shape index (κ3) is 5.00. The van der Waals surface area contributed by atoms with Gasteiger partial charge < -0.3 is 10.1 Å². The van der Waals surface area contributed by atoms with E-state index in [2.05, 4.69) is 5.32 Å². The Bertz CT molecular complexity index is 650. The lowest BCUT2D eigenvalue weighted by molar-refractivity contribution is -0.147. The molecule has 0 radical (unpaired) electrons. The van der Waals surface area contributed by atoms with E-state index in [-0.39, 0.29) is 24.9 Å². The molecule has 5 heteroatoms. The summed E-state index contributed by atoms with van der Waals surface area (Å²) in [5.74, 6) is -0.684. The molecule has 4 nitrogen and oxygen atoms in total. The zero-order chi connectivity index (χ0) is 15.9. The summed E-state index contributed by atoms with van der Waals surface area (Å²) in [7, 11) is 0. The minimum atomic E-state index is -0.358. The van der Waals surface area contributed by atoms with Crippen molar-refractivity contribution >= 4 is 28.9 Å². The number of amides is 1. The fourth-order valence-electron chi connectivity index (χ4n) is 1.91. The van der Waals surface area contributed by atoms with Crippen molar-refractivity contribution in [2.24, 2.45) is 0 Å². The molecule has 1 aromatic carbocycles. The molecule has 2 rings (SSSR count). The maximum atomic E-state index is 11.8. The van der Waals surface area contributed by atoms with Crippen LogP contribution in [0.2, 0.25) is 0 Å². The molecule has 1 aromatic heterocycles. The highest BCUT2D eigenvalue weighted by molar-refractivity contribution is 7.09. The molecule has 116 valence electrons. The number of esters is 1. The van der Waals surface area contributed by atoms with Crippen molar-refractivity contribution in [3.63, 3.8) is 0 Å². The van der Waals surface area contributed by atoms with Crippen LogP contribution in [0.1, 0.15) is 22.4 Å². The predicted molar refractivity (Wildman–Crippen MR) is 88.1 cm³/mol. The lowest BCUT2D eigenvalue weighted by Gasteiger charge is -2.08. The van der Waals surface area contributed by atoms with Crippen LogP contribution < -0.4 is 5.32 Å². The summed E-state index contributed by atoms with van der Waals surface area (Å²) >= 11 is 1.61. The van der Waals surface area contributed by atoms with E-state index in [1.54, 1.807) is 11.3 Å². The molecule has 0 aliphatic rings. The number of hydrogen-bond acceptors (Lipinski definition) is 4. The van der Waals surface area contributed by atoms with E-state index in [1.165, 1.54) is 0 Å². The average Bonchev–Trinajstić information content (AvgIpc) is 3.00. The standard InChI is InChI=1S/C17H19NO3S/c1-12-5-6-14(10-13(12)2)18-16(19)11-21-17(20)8-7-15-4-3-9-22-15/h3-6,9-10H,7-8,11H2,1-2H3,(H,18,19). The Kier molecular flexibility index (Phi) is 5.72. The minimum absolute atomic E-state index is 0.254. The number of rotatable bonds is 6. The quantitative estimate of drug-likeness (QED) is 0.830. The van der Waals surface area contributed by atoms with Gasteiger partial charge in [-0.25, -0.2) is 0 Å². The SMILES string of the molecule is Cc1ccc(NC(=O)COC(=O)CCc2cccs2)cc1C. The zero-order valence-corrected chi connectivity index (χ0v) is 13.5. The summed E-state index contributed by atoms with van der Waals surface area (Å²) in [4.78, 5) is 24.5. The first kappa shape index (κ1) is 16.2. The van der Waals surface area contributed by atoms with Crippen LogP contribution >= 0.6 is 11.3 Å². The van der Waals surface area contributed by atoms with Gasteiger partial charge in [-0.05, 0) is 55.0 Å². The predicted octanol–water partition coefficient (Wildman–Crippen LogP) is 3.48. The number of ether oxygens (including phenoxy) is 1. The molecule has 1 heterocycles. The van der Waals surface area contributed by atoms with Gasteiger partial charge in [-0.1, -0.05) is 12.1 Å². The Hall–Kier alpha value is -2.14. The fraction of sp³-hybridized carbons (Fsp3) is 0.294. The Morgan fingerprint density at radius 3 is 2.68 bits per heavy atom. The molecular weight excluding hydrogens is 298 g/mol. The minimum Gasteiger partial charge on any atom is -0.456 e. The van der Waals surface area contributed by atoms with Gasteiger partial charge in [0.2, 0.25) is 0 Å². The molecule has 1 N–H and O–H groups in total. The van der Waals surface area contributed by atoms with Crippen molar-refractivity contribution in [2.75, 3.05) is 11.9 Å². The molecule has 0 aliphatic heterocycles. The number of carbonyl (C=O) groups excluding carboxylic acids is 2. The summed E-state index contributed by atoms with van der Waals surface area (Å²) in [5.41, 5.74) is 2.98. The lowest BCUT2D eigenvalue weighted by Crippen LogP contribution is -2.21. The molecule has 0 spiro atoms. The Morgan fingerprint density at radius 1 is 1.18 bits per heavy atom. The van der Waals surface area contributed by atoms with Crippen molar-refractivity contribution in [3.05, 3.63) is 51.7 Å². The summed E-state index contributed by atoms with van der Waals surface area (Å²) in [6.07, 6.45) is 0.937. The van der Waals surface area contributed by atoms with Crippen LogP contribution in [0.5, 0.6) is 0 Å². The van der Waals surface area contributed by atoms with Gasteiger partial charge in [0.15, 0.2) is 6.61 Å². The topological polar surface area (TPSA) is 55.4 Å². The number of benzene rings is 1. The molecule has 0 bridgehead atoms. The van der Waals surface area contributed by atoms with E-state index >= 15 is 0 Å². The molecule has 0 saturated heterocycles. The highest BCUT2D eigenvalue weighted by Gasteiger charge is 2.09. The third-order valence-corrected chi connectivity index (χ3v) is 4.25. The second-order valence-electron chi connectivity index (χ2n) is 5.09. The van der Waals surface area contributed by atoms with Gasteiger partial charge in [-0.3, -0.25) is 9.59 Å². The van der Waals surface area contributed by atoms with Gasteiger partial charge in [-0.2, -0.15) is 0 Å². The van der Waals surface area contributed by atoms with Gasteiger partial charge in [0, 0.05) is 10.6 Å². The Balaban J connectivity index is 1.72. The average molecular weight is 317 g/mol. The molecule has 2 aromatic rings. The number of anilines is 1. The first-order valence-corrected chi connectivity index (χ1v) is 7.97. The molecule has 1 amide bonds. The molecule has 0 unspecified atom stereocenters. The van der Waals surface area contributed by atoms with Crippen molar-refractivity contribution < 1.29 is 14.3 Å². The highest BCUT2D eigenvalue weighted by Crippen LogP contribution is 2.14. The van der Waals surface area contributed by atoms with Crippen LogP contribution in [0.15, 0.2) is 35.7 Å². The fourth-order valence-corrected chi connectivity index (χ4v) is 2.62. The largest absolute Gasteiger partial charge is 0.456 e. The van der Waals surface area contributed by atoms with Crippen LogP contribution in [0.3, 0.4) is 0 Å². The lowest BCUT2D eigenvalue weighted by atomic mass is 10.1. The summed E-state index contributed by atoms with van der Waals surface area (Å²) < 4.78 is 4.98. The smallest absolute Gasteiger partial charge is 0.306 e. The molecular formula is C17H19NO3S. The van der Waals surface area contributed by atoms with Crippen LogP contribution in [0.4, 0.5) is 5.69 Å². The van der Waals surface area contributed by atoms with Crippen molar-refractivity contribution in [1.82, 2.24) is 0 Å². The van der Waals surface area contributed by atoms with Crippen molar-refractivity contribution in [2.45, 2.75) is 26.7 Å². The molecule has 0 aliphatic carbocycles. The molecule has 0 atom stereocenters. The number of hydrogen-bond donors (Lipinski definition) is 1. The molecule has 0 saturated carbocycles. The van der Waals surface area contributed by atoms with E-state index in [4.69, 9.17) is 4.74 Å². The van der Waals surface area contributed by atoms with E-state index in [0.717, 1.165) is 16.0 Å². The molecule has 0 fully saturated rings. The maximum absolute atomic E-state index is 11.8. The Morgan fingerprint density at radius 2 is 2.00 bits per heavy atom. The van der Waals surface area contributed by atoms with Crippen molar-refractivity contribution in [3.8, 4) is 0 Å². The number of nitrogens with one attached hydrogen (secondary N) is 1. The van der Waals surface area contributed by atoms with Gasteiger partial charge in [0.1, 0.15) is 0 Å². The number of thiophene rings is 1. The molecule has 22 heavy (non-hydrogen) atoms. The normalized spacial score (nSPS) is 10.3. The van der Waals surface area contributed by atoms with E-state index in [1.807, 2.05) is 49.6 Å². The van der Waals surface area contributed by atoms with Crippen LogP contribution in [-0.2, 0) is 20.7 Å². The third-order valence-electron chi connectivity index (χ3n) is 3.31. The number of carbonyl (C=O) groups is 2. The van der Waals surface area contributed by atoms with Crippen LogP contribution in [0, 0.1) is 13.8 Å². The number of aryl methyl sites for hydroxylation is 3. The summed E-state index contributed by atoms with van der Waals surface area (Å²) in [5, 5.41) is 4.69. The van der Waals surface area contributed by atoms with Crippen LogP contribution in [0.25, 0.3) is 0 Å². The van der Waals surface area contributed by atoms with Gasteiger partial charge in [0.05, 0.1) is 6.42 Å². The zero-order valence-electron chi connectivity index (χ0n) is 12.7.